The van der Waals surface area contributed by atoms with Crippen LogP contribution in [0.2, 0.25) is 0 Å². The molecule has 0 aromatic carbocycles. The van der Waals surface area contributed by atoms with E-state index in [0.717, 1.165) is 24.8 Å². The molecule has 11 heterocycles. The average Bonchev–Trinajstić information content (AvgIpc) is 3.42. The first kappa shape index (κ1) is 44.0. The number of fused-ring (bicyclic) bond motifs is 10. The van der Waals surface area contributed by atoms with Crippen LogP contribution < -0.4 is 0 Å². The van der Waals surface area contributed by atoms with Crippen molar-refractivity contribution < 1.29 is 67.1 Å². The van der Waals surface area contributed by atoms with Crippen molar-refractivity contribution in [1.82, 2.24) is 0 Å². The number of esters is 1. The minimum absolute atomic E-state index is 0.00411. The number of carbonyl (C=O) groups is 1. The summed E-state index contributed by atoms with van der Waals surface area (Å²) >= 11 is 0. The minimum atomic E-state index is -0.877. The third kappa shape index (κ3) is 7.28. The van der Waals surface area contributed by atoms with Gasteiger partial charge >= 0.3 is 5.97 Å². The number of carbonyl (C=O) groups excluding carboxylic acids is 1. The maximum absolute atomic E-state index is 12.3. The second-order valence-corrected chi connectivity index (χ2v) is 22.8. The summed E-state index contributed by atoms with van der Waals surface area (Å²) in [6, 6.07) is 0. The van der Waals surface area contributed by atoms with Crippen LogP contribution in [0, 0.1) is 11.8 Å². The molecule has 0 spiro atoms. The molecule has 9 fully saturated rings. The highest BCUT2D eigenvalue weighted by atomic mass is 16.7. The number of aliphatic hydroxyl groups is 2. The molecule has 352 valence electrons. The van der Waals surface area contributed by atoms with Gasteiger partial charge in [-0.3, -0.25) is 0 Å². The summed E-state index contributed by atoms with van der Waals surface area (Å²) in [5.74, 6) is -0.218. The van der Waals surface area contributed by atoms with Crippen molar-refractivity contribution in [3.63, 3.8) is 0 Å². The van der Waals surface area contributed by atoms with Crippen LogP contribution in [-0.2, 0) is 56.9 Å². The highest BCUT2D eigenvalue weighted by molar-refractivity contribution is 5.84. The van der Waals surface area contributed by atoms with E-state index in [1.807, 2.05) is 20.8 Å². The van der Waals surface area contributed by atoms with E-state index in [4.69, 9.17) is 52.1 Å². The molecule has 11 aliphatic heterocycles. The molecule has 0 radical (unpaired) electrons. The Morgan fingerprint density at radius 2 is 1.46 bits per heavy atom. The van der Waals surface area contributed by atoms with Crippen molar-refractivity contribution >= 4 is 5.97 Å². The molecule has 63 heavy (non-hydrogen) atoms. The van der Waals surface area contributed by atoms with E-state index in [-0.39, 0.29) is 122 Å². The lowest BCUT2D eigenvalue weighted by molar-refractivity contribution is -0.357. The third-order valence-electron chi connectivity index (χ3n) is 18.0. The zero-order valence-electron chi connectivity index (χ0n) is 38.5. The van der Waals surface area contributed by atoms with Crippen molar-refractivity contribution in [3.8, 4) is 0 Å². The van der Waals surface area contributed by atoms with Crippen LogP contribution in [0.1, 0.15) is 126 Å². The van der Waals surface area contributed by atoms with Gasteiger partial charge in [-0.25, -0.2) is 4.79 Å². The molecule has 0 saturated carbocycles. The maximum Gasteiger partial charge on any atom is 0.331 e. The molecule has 0 aromatic heterocycles. The van der Waals surface area contributed by atoms with E-state index in [2.05, 4.69) is 46.8 Å². The normalized spacial score (nSPS) is 58.3. The zero-order valence-corrected chi connectivity index (χ0v) is 38.5. The van der Waals surface area contributed by atoms with Gasteiger partial charge < -0.3 is 62.3 Å². The third-order valence-corrected chi connectivity index (χ3v) is 18.0. The second-order valence-electron chi connectivity index (χ2n) is 22.8. The molecular formula is C49H72O14. The highest BCUT2D eigenvalue weighted by Gasteiger charge is 2.64. The van der Waals surface area contributed by atoms with Gasteiger partial charge in [0.15, 0.2) is 0 Å². The van der Waals surface area contributed by atoms with E-state index < -0.39 is 34.1 Å². The Bertz CT molecular complexity index is 1840. The van der Waals surface area contributed by atoms with Gasteiger partial charge in [0, 0.05) is 63.5 Å². The molecule has 11 aliphatic rings. The lowest BCUT2D eigenvalue weighted by atomic mass is 9.72. The Kier molecular flexibility index (Phi) is 10.8. The molecule has 0 amide bonds. The summed E-state index contributed by atoms with van der Waals surface area (Å²) in [4.78, 5) is 12.3. The second kappa shape index (κ2) is 15.5. The van der Waals surface area contributed by atoms with Crippen LogP contribution in [0.4, 0.5) is 0 Å². The van der Waals surface area contributed by atoms with Crippen molar-refractivity contribution in [2.45, 2.75) is 258 Å². The van der Waals surface area contributed by atoms with E-state index in [9.17, 15) is 15.0 Å². The standard InChI is InChI=1S/C49H72O14/c1-24-14-30-35(21-47(6)37(56-30)19-34-44(62-47)25(2)15-42(52)58-34)54-28-11-13-46(5)38(59-43(24)28)20-39-48(7,63-46)22-41-45(4,61-39)12-9-10-27-31(57-41)16-33-32(53-27)18-40-49(8,60-33)36(51)17-29(55-40)26(3)23-50/h9-10,15,24,26-41,43-44,50-51H,11-14,16-23H2,1-8H3/b10-9-. The number of rotatable bonds is 2. The van der Waals surface area contributed by atoms with Gasteiger partial charge in [-0.15, -0.1) is 0 Å². The Morgan fingerprint density at radius 1 is 0.698 bits per heavy atom. The molecular weight excluding hydrogens is 813 g/mol. The molecule has 14 nitrogen and oxygen atoms in total. The fraction of sp³-hybridized carbons (Fsp3) is 0.898. The lowest BCUT2D eigenvalue weighted by Crippen LogP contribution is -2.70. The summed E-state index contributed by atoms with van der Waals surface area (Å²) in [6.07, 6.45) is 8.93. The van der Waals surface area contributed by atoms with Gasteiger partial charge in [-0.05, 0) is 78.7 Å². The number of ether oxygens (including phenoxy) is 11. The van der Waals surface area contributed by atoms with Gasteiger partial charge in [-0.1, -0.05) is 26.0 Å². The average molecular weight is 885 g/mol. The largest absolute Gasteiger partial charge is 0.456 e. The Balaban J connectivity index is 0.781. The van der Waals surface area contributed by atoms with Crippen molar-refractivity contribution in [2.24, 2.45) is 11.8 Å². The fourth-order valence-electron chi connectivity index (χ4n) is 13.9. The molecule has 0 aromatic rings. The van der Waals surface area contributed by atoms with Gasteiger partial charge in [0.1, 0.15) is 23.9 Å². The van der Waals surface area contributed by atoms with Gasteiger partial charge in [0.25, 0.3) is 0 Å². The smallest absolute Gasteiger partial charge is 0.331 e. The van der Waals surface area contributed by atoms with E-state index >= 15 is 0 Å². The van der Waals surface area contributed by atoms with Gasteiger partial charge in [0.05, 0.1) is 108 Å². The molecule has 24 unspecified atom stereocenters. The first-order chi connectivity index (χ1) is 29.9. The maximum atomic E-state index is 12.3. The van der Waals surface area contributed by atoms with Crippen molar-refractivity contribution in [1.29, 1.82) is 0 Å². The minimum Gasteiger partial charge on any atom is -0.456 e. The Morgan fingerprint density at radius 3 is 2.27 bits per heavy atom. The van der Waals surface area contributed by atoms with E-state index in [1.165, 1.54) is 0 Å². The van der Waals surface area contributed by atoms with Crippen molar-refractivity contribution in [2.75, 3.05) is 6.61 Å². The van der Waals surface area contributed by atoms with E-state index in [1.54, 1.807) is 6.08 Å². The quantitative estimate of drug-likeness (QED) is 0.283. The summed E-state index contributed by atoms with van der Waals surface area (Å²) in [5.41, 5.74) is -2.34. The van der Waals surface area contributed by atoms with Crippen LogP contribution in [0.5, 0.6) is 0 Å². The molecule has 24 atom stereocenters. The predicted octanol–water partition coefficient (Wildman–Crippen LogP) is 4.96. The fourth-order valence-corrected chi connectivity index (χ4v) is 13.9. The lowest BCUT2D eigenvalue weighted by Gasteiger charge is -2.61. The molecule has 0 bridgehead atoms. The molecule has 9 saturated heterocycles. The SMILES string of the molecule is CC1=CC(=O)OC2CC3OC4CC(C)C5OC6CC7OC8(C)C/C=C\C9OC%10CC%11OC(C(C)CO)CC(O)C%11(C)OC%10CC9OC8CC7(C)OC6(C)CCC5OC4CC3(C)OC12. The molecule has 11 rings (SSSR count). The number of hydrogen-bond donors (Lipinski definition) is 2. The van der Waals surface area contributed by atoms with Crippen LogP contribution in [0.25, 0.3) is 0 Å². The van der Waals surface area contributed by atoms with Crippen LogP contribution >= 0.6 is 0 Å². The monoisotopic (exact) mass is 884 g/mol. The summed E-state index contributed by atoms with van der Waals surface area (Å²) < 4.78 is 75.7. The zero-order chi connectivity index (χ0) is 44.0. The first-order valence-electron chi connectivity index (χ1n) is 24.4. The van der Waals surface area contributed by atoms with Crippen LogP contribution in [-0.4, -0.2) is 155 Å². The predicted molar refractivity (Wildman–Crippen MR) is 225 cm³/mol. The first-order valence-corrected chi connectivity index (χ1v) is 24.4. The summed E-state index contributed by atoms with van der Waals surface area (Å²) in [7, 11) is 0. The highest BCUT2D eigenvalue weighted by Crippen LogP contribution is 2.55. The molecule has 2 N–H and O–H groups in total. The van der Waals surface area contributed by atoms with Crippen LogP contribution in [0.15, 0.2) is 23.8 Å². The van der Waals surface area contributed by atoms with Gasteiger partial charge in [-0.2, -0.15) is 0 Å². The van der Waals surface area contributed by atoms with Crippen LogP contribution in [0.3, 0.4) is 0 Å². The Hall–Kier alpha value is -1.53. The Labute approximate surface area is 372 Å². The van der Waals surface area contributed by atoms with E-state index in [0.29, 0.717) is 51.4 Å². The van der Waals surface area contributed by atoms with Crippen molar-refractivity contribution in [3.05, 3.63) is 23.8 Å². The summed E-state index contributed by atoms with van der Waals surface area (Å²) in [5, 5.41) is 21.2. The molecule has 0 aliphatic carbocycles. The topological polar surface area (TPSA) is 159 Å². The number of hydrogen-bond acceptors (Lipinski definition) is 14. The summed E-state index contributed by atoms with van der Waals surface area (Å²) in [6.45, 7) is 16.9. The molecule has 14 heteroatoms. The van der Waals surface area contributed by atoms with Gasteiger partial charge in [0.2, 0.25) is 0 Å². The number of aliphatic hydroxyl groups excluding tert-OH is 2.